The van der Waals surface area contributed by atoms with Crippen LogP contribution in [0.5, 0.6) is 0 Å². The van der Waals surface area contributed by atoms with Crippen LogP contribution in [0.4, 0.5) is 0 Å². The second kappa shape index (κ2) is 5.39. The maximum absolute atomic E-state index is 10.5. The number of carbonyl (C=O) groups is 1. The van der Waals surface area contributed by atoms with E-state index in [1.807, 2.05) is 36.6 Å². The molecule has 18 heavy (non-hydrogen) atoms. The van der Waals surface area contributed by atoms with E-state index in [1.165, 1.54) is 0 Å². The largest absolute Gasteiger partial charge is 0.314 e. The SMILES string of the molecule is CC(C)n1cnnc1C1=NC(NC=O)=CCC=C1. The molecule has 1 aliphatic rings. The Labute approximate surface area is 105 Å². The Balaban J connectivity index is 2.39. The molecule has 0 aromatic carbocycles. The molecule has 1 amide bonds. The molecule has 1 aromatic heterocycles. The first-order valence-electron chi connectivity index (χ1n) is 5.78. The molecule has 0 aliphatic carbocycles. The summed E-state index contributed by atoms with van der Waals surface area (Å²) in [6.07, 6.45) is 8.72. The van der Waals surface area contributed by atoms with Crippen molar-refractivity contribution in [3.63, 3.8) is 0 Å². The monoisotopic (exact) mass is 245 g/mol. The molecule has 94 valence electrons. The molecule has 2 heterocycles. The summed E-state index contributed by atoms with van der Waals surface area (Å²) in [7, 11) is 0. The highest BCUT2D eigenvalue weighted by Crippen LogP contribution is 2.12. The highest BCUT2D eigenvalue weighted by Gasteiger charge is 2.13. The highest BCUT2D eigenvalue weighted by atomic mass is 16.1. The summed E-state index contributed by atoms with van der Waals surface area (Å²) in [5, 5.41) is 10.6. The maximum Gasteiger partial charge on any atom is 0.212 e. The summed E-state index contributed by atoms with van der Waals surface area (Å²) in [4.78, 5) is 14.9. The third kappa shape index (κ3) is 2.53. The molecule has 0 fully saturated rings. The number of hydrogen-bond donors (Lipinski definition) is 1. The second-order valence-corrected chi connectivity index (χ2v) is 4.14. The lowest BCUT2D eigenvalue weighted by Crippen LogP contribution is -2.14. The quantitative estimate of drug-likeness (QED) is 0.810. The minimum Gasteiger partial charge on any atom is -0.314 e. The van der Waals surface area contributed by atoms with Gasteiger partial charge < -0.3 is 9.88 Å². The van der Waals surface area contributed by atoms with Gasteiger partial charge >= 0.3 is 0 Å². The van der Waals surface area contributed by atoms with E-state index in [-0.39, 0.29) is 6.04 Å². The number of hydrogen-bond acceptors (Lipinski definition) is 4. The van der Waals surface area contributed by atoms with Crippen LogP contribution in [0.2, 0.25) is 0 Å². The molecule has 0 radical (unpaired) electrons. The van der Waals surface area contributed by atoms with Crippen LogP contribution >= 0.6 is 0 Å². The lowest BCUT2D eigenvalue weighted by atomic mass is 10.2. The zero-order valence-corrected chi connectivity index (χ0v) is 10.4. The molecule has 6 heteroatoms. The summed E-state index contributed by atoms with van der Waals surface area (Å²) in [5.41, 5.74) is 0.694. The Bertz CT molecular complexity index is 524. The standard InChI is InChI=1S/C12H15N5O/c1-9(2)17-7-14-16-12(17)10-5-3-4-6-11(15-10)13-8-18/h3,5-9H,4H2,1-2H3,(H,13,18). The summed E-state index contributed by atoms with van der Waals surface area (Å²) < 4.78 is 1.94. The van der Waals surface area contributed by atoms with Crippen molar-refractivity contribution in [3.8, 4) is 0 Å². The molecule has 1 N–H and O–H groups in total. The molecule has 0 saturated heterocycles. The van der Waals surface area contributed by atoms with Gasteiger partial charge in [-0.05, 0) is 32.4 Å². The number of carbonyl (C=O) groups excluding carboxylic acids is 1. The maximum atomic E-state index is 10.5. The van der Waals surface area contributed by atoms with E-state index in [0.29, 0.717) is 23.8 Å². The molecule has 1 aliphatic heterocycles. The van der Waals surface area contributed by atoms with Crippen molar-refractivity contribution >= 4 is 12.1 Å². The van der Waals surface area contributed by atoms with Crippen molar-refractivity contribution < 1.29 is 4.79 Å². The van der Waals surface area contributed by atoms with Crippen molar-refractivity contribution in [3.05, 3.63) is 36.2 Å². The molecule has 0 bridgehead atoms. The van der Waals surface area contributed by atoms with Crippen molar-refractivity contribution in [2.75, 3.05) is 0 Å². The van der Waals surface area contributed by atoms with E-state index in [4.69, 9.17) is 0 Å². The summed E-state index contributed by atoms with van der Waals surface area (Å²) >= 11 is 0. The van der Waals surface area contributed by atoms with Crippen LogP contribution in [-0.2, 0) is 4.79 Å². The molecular weight excluding hydrogens is 230 g/mol. The van der Waals surface area contributed by atoms with Gasteiger partial charge in [0.15, 0.2) is 5.82 Å². The molecule has 0 unspecified atom stereocenters. The minimum atomic E-state index is 0.251. The zero-order chi connectivity index (χ0) is 13.0. The Hall–Kier alpha value is -2.24. The van der Waals surface area contributed by atoms with Crippen molar-refractivity contribution in [1.29, 1.82) is 0 Å². The molecule has 0 saturated carbocycles. The van der Waals surface area contributed by atoms with Gasteiger partial charge in [-0.25, -0.2) is 4.99 Å². The molecule has 1 aromatic rings. The van der Waals surface area contributed by atoms with E-state index in [0.717, 1.165) is 6.42 Å². The van der Waals surface area contributed by atoms with Crippen molar-refractivity contribution in [2.24, 2.45) is 4.99 Å². The molecular formula is C12H15N5O. The number of nitrogens with zero attached hydrogens (tertiary/aromatic N) is 4. The van der Waals surface area contributed by atoms with Gasteiger partial charge in [0, 0.05) is 6.04 Å². The Kier molecular flexibility index (Phi) is 3.66. The molecule has 0 spiro atoms. The van der Waals surface area contributed by atoms with Crippen LogP contribution in [0.15, 0.2) is 35.4 Å². The molecule has 2 rings (SSSR count). The van der Waals surface area contributed by atoms with Crippen LogP contribution in [0.3, 0.4) is 0 Å². The van der Waals surface area contributed by atoms with E-state index < -0.39 is 0 Å². The van der Waals surface area contributed by atoms with Gasteiger partial charge in [0.05, 0.1) is 0 Å². The van der Waals surface area contributed by atoms with E-state index in [9.17, 15) is 4.79 Å². The van der Waals surface area contributed by atoms with E-state index in [1.54, 1.807) is 6.33 Å². The second-order valence-electron chi connectivity index (χ2n) is 4.14. The first kappa shape index (κ1) is 12.2. The van der Waals surface area contributed by atoms with E-state index >= 15 is 0 Å². The van der Waals surface area contributed by atoms with Crippen LogP contribution in [0.25, 0.3) is 0 Å². The Morgan fingerprint density at radius 2 is 2.33 bits per heavy atom. The lowest BCUT2D eigenvalue weighted by Gasteiger charge is -2.09. The summed E-state index contributed by atoms with van der Waals surface area (Å²) in [6.45, 7) is 4.10. The van der Waals surface area contributed by atoms with Gasteiger partial charge in [-0.3, -0.25) is 4.79 Å². The average molecular weight is 245 g/mol. The summed E-state index contributed by atoms with van der Waals surface area (Å²) in [6, 6.07) is 0.251. The first-order valence-corrected chi connectivity index (χ1v) is 5.78. The smallest absolute Gasteiger partial charge is 0.212 e. The highest BCUT2D eigenvalue weighted by molar-refractivity contribution is 6.07. The van der Waals surface area contributed by atoms with Gasteiger partial charge in [-0.2, -0.15) is 0 Å². The van der Waals surface area contributed by atoms with Gasteiger partial charge in [-0.15, -0.1) is 10.2 Å². The fourth-order valence-electron chi connectivity index (χ4n) is 1.65. The van der Waals surface area contributed by atoms with Gasteiger partial charge in [0.2, 0.25) is 6.41 Å². The summed E-state index contributed by atoms with van der Waals surface area (Å²) in [5.74, 6) is 1.23. The molecule has 0 atom stereocenters. The third-order valence-electron chi connectivity index (χ3n) is 2.53. The average Bonchev–Trinajstić information content (AvgIpc) is 2.72. The predicted octanol–water partition coefficient (Wildman–Crippen LogP) is 1.20. The molecule has 6 nitrogen and oxygen atoms in total. The van der Waals surface area contributed by atoms with Gasteiger partial charge in [0.25, 0.3) is 0 Å². The van der Waals surface area contributed by atoms with Gasteiger partial charge in [0.1, 0.15) is 17.9 Å². The first-order chi connectivity index (χ1) is 8.72. The number of nitrogens with one attached hydrogen (secondary N) is 1. The van der Waals surface area contributed by atoms with Crippen LogP contribution in [0, 0.1) is 0 Å². The van der Waals surface area contributed by atoms with Crippen molar-refractivity contribution in [1.82, 2.24) is 20.1 Å². The lowest BCUT2D eigenvalue weighted by molar-refractivity contribution is -0.108. The zero-order valence-electron chi connectivity index (χ0n) is 10.4. The number of aliphatic imine (C=N–C) groups is 1. The Morgan fingerprint density at radius 1 is 1.50 bits per heavy atom. The number of amides is 1. The van der Waals surface area contributed by atoms with Crippen LogP contribution in [-0.4, -0.2) is 26.9 Å². The van der Waals surface area contributed by atoms with Gasteiger partial charge in [-0.1, -0.05) is 6.08 Å². The van der Waals surface area contributed by atoms with Crippen LogP contribution < -0.4 is 5.32 Å². The fraction of sp³-hybridized carbons (Fsp3) is 0.333. The topological polar surface area (TPSA) is 72.2 Å². The van der Waals surface area contributed by atoms with Crippen LogP contribution in [0.1, 0.15) is 32.1 Å². The number of rotatable bonds is 4. The van der Waals surface area contributed by atoms with Crippen molar-refractivity contribution in [2.45, 2.75) is 26.3 Å². The minimum absolute atomic E-state index is 0.251. The number of aromatic nitrogens is 3. The normalized spacial score (nSPS) is 15.1. The number of allylic oxidation sites excluding steroid dienone is 3. The fourth-order valence-corrected chi connectivity index (χ4v) is 1.65. The predicted molar refractivity (Wildman–Crippen MR) is 68.0 cm³/mol. The third-order valence-corrected chi connectivity index (χ3v) is 2.53. The Morgan fingerprint density at radius 3 is 3.06 bits per heavy atom. The van der Waals surface area contributed by atoms with E-state index in [2.05, 4.69) is 20.5 Å².